The van der Waals surface area contributed by atoms with Crippen LogP contribution in [-0.2, 0) is 6.54 Å². The Bertz CT molecular complexity index is 1130. The van der Waals surface area contributed by atoms with Crippen LogP contribution in [-0.4, -0.2) is 17.0 Å². The first kappa shape index (κ1) is 17.2. The Morgan fingerprint density at radius 1 is 0.889 bits per heavy atom. The lowest BCUT2D eigenvalue weighted by Gasteiger charge is -2.07. The SMILES string of the molecule is O=C(c1ccccc1)c1ccc2c(c1)sc(=O)n2CCOc1ccccc1. The number of benzene rings is 3. The molecule has 1 heterocycles. The van der Waals surface area contributed by atoms with Crippen molar-refractivity contribution in [1.29, 1.82) is 0 Å². The highest BCUT2D eigenvalue weighted by atomic mass is 32.1. The van der Waals surface area contributed by atoms with Gasteiger partial charge in [0, 0.05) is 11.1 Å². The van der Waals surface area contributed by atoms with Gasteiger partial charge in [0.2, 0.25) is 0 Å². The van der Waals surface area contributed by atoms with Gasteiger partial charge in [-0.1, -0.05) is 59.9 Å². The minimum Gasteiger partial charge on any atom is -0.492 e. The van der Waals surface area contributed by atoms with Crippen LogP contribution in [0.5, 0.6) is 5.75 Å². The van der Waals surface area contributed by atoms with Crippen LogP contribution >= 0.6 is 11.3 Å². The number of thiazole rings is 1. The number of aromatic nitrogens is 1. The summed E-state index contributed by atoms with van der Waals surface area (Å²) >= 11 is 1.15. The number of para-hydroxylation sites is 1. The van der Waals surface area contributed by atoms with Gasteiger partial charge in [0.1, 0.15) is 12.4 Å². The van der Waals surface area contributed by atoms with Gasteiger partial charge in [-0.3, -0.25) is 14.2 Å². The van der Waals surface area contributed by atoms with Crippen LogP contribution < -0.4 is 9.61 Å². The predicted molar refractivity (Wildman–Crippen MR) is 108 cm³/mol. The fourth-order valence-corrected chi connectivity index (χ4v) is 3.90. The lowest BCUT2D eigenvalue weighted by atomic mass is 10.0. The van der Waals surface area contributed by atoms with Gasteiger partial charge in [-0.25, -0.2) is 0 Å². The molecular weight excluding hydrogens is 358 g/mol. The molecule has 0 aliphatic heterocycles. The topological polar surface area (TPSA) is 48.3 Å². The molecule has 27 heavy (non-hydrogen) atoms. The zero-order valence-corrected chi connectivity index (χ0v) is 15.3. The Balaban J connectivity index is 1.56. The molecule has 1 aromatic heterocycles. The zero-order chi connectivity index (χ0) is 18.6. The van der Waals surface area contributed by atoms with Crippen LogP contribution in [0.2, 0.25) is 0 Å². The summed E-state index contributed by atoms with van der Waals surface area (Å²) in [6, 6.07) is 24.1. The maximum atomic E-state index is 12.6. The van der Waals surface area contributed by atoms with E-state index in [0.717, 1.165) is 27.3 Å². The molecule has 0 amide bonds. The molecule has 0 saturated heterocycles. The molecule has 4 aromatic rings. The van der Waals surface area contributed by atoms with Crippen molar-refractivity contribution in [2.45, 2.75) is 6.54 Å². The molecule has 0 aliphatic carbocycles. The molecule has 134 valence electrons. The second kappa shape index (κ2) is 7.60. The molecule has 4 nitrogen and oxygen atoms in total. The third-order valence-corrected chi connectivity index (χ3v) is 5.24. The fourth-order valence-electron chi connectivity index (χ4n) is 2.95. The van der Waals surface area contributed by atoms with Crippen molar-refractivity contribution in [3.05, 3.63) is 99.7 Å². The molecule has 0 fully saturated rings. The second-order valence-corrected chi connectivity index (χ2v) is 7.05. The van der Waals surface area contributed by atoms with Crippen molar-refractivity contribution in [1.82, 2.24) is 4.57 Å². The summed E-state index contributed by atoms with van der Waals surface area (Å²) < 4.78 is 8.19. The summed E-state index contributed by atoms with van der Waals surface area (Å²) in [7, 11) is 0. The standard InChI is InChI=1S/C22H17NO3S/c24-21(16-7-3-1-4-8-16)17-11-12-19-20(15-17)27-22(25)23(19)13-14-26-18-9-5-2-6-10-18/h1-12,15H,13-14H2. The van der Waals surface area contributed by atoms with Crippen molar-refractivity contribution >= 4 is 27.3 Å². The Hall–Kier alpha value is -3.18. The molecular formula is C22H17NO3S. The van der Waals surface area contributed by atoms with Crippen molar-refractivity contribution in [3.63, 3.8) is 0 Å². The van der Waals surface area contributed by atoms with Crippen LogP contribution in [0, 0.1) is 0 Å². The largest absolute Gasteiger partial charge is 0.492 e. The molecule has 0 unspecified atom stereocenters. The summed E-state index contributed by atoms with van der Waals surface area (Å²) in [6.45, 7) is 0.861. The van der Waals surface area contributed by atoms with Gasteiger partial charge in [-0.2, -0.15) is 0 Å². The van der Waals surface area contributed by atoms with E-state index in [4.69, 9.17) is 4.74 Å². The smallest absolute Gasteiger partial charge is 0.308 e. The van der Waals surface area contributed by atoms with Gasteiger partial charge in [-0.15, -0.1) is 0 Å². The highest BCUT2D eigenvalue weighted by Gasteiger charge is 2.13. The molecule has 0 atom stereocenters. The number of ether oxygens (including phenoxy) is 1. The Morgan fingerprint density at radius 3 is 2.33 bits per heavy atom. The fraction of sp³-hybridized carbons (Fsp3) is 0.0909. The summed E-state index contributed by atoms with van der Waals surface area (Å²) in [5.74, 6) is 0.734. The number of nitrogens with zero attached hydrogens (tertiary/aromatic N) is 1. The van der Waals surface area contributed by atoms with Crippen LogP contribution in [0.3, 0.4) is 0 Å². The molecule has 0 bridgehead atoms. The van der Waals surface area contributed by atoms with Gasteiger partial charge < -0.3 is 4.74 Å². The van der Waals surface area contributed by atoms with E-state index in [9.17, 15) is 9.59 Å². The quantitative estimate of drug-likeness (QED) is 0.470. The molecule has 0 radical (unpaired) electrons. The average molecular weight is 375 g/mol. The van der Waals surface area contributed by atoms with Gasteiger partial charge in [0.15, 0.2) is 5.78 Å². The van der Waals surface area contributed by atoms with E-state index in [-0.39, 0.29) is 10.7 Å². The first-order valence-corrected chi connectivity index (χ1v) is 9.45. The first-order valence-electron chi connectivity index (χ1n) is 8.63. The van der Waals surface area contributed by atoms with Gasteiger partial charge in [-0.05, 0) is 30.3 Å². The van der Waals surface area contributed by atoms with Crippen LogP contribution in [0.15, 0.2) is 83.7 Å². The zero-order valence-electron chi connectivity index (χ0n) is 14.5. The van der Waals surface area contributed by atoms with Gasteiger partial charge >= 0.3 is 4.87 Å². The highest BCUT2D eigenvalue weighted by molar-refractivity contribution is 7.16. The number of hydrogen-bond acceptors (Lipinski definition) is 4. The van der Waals surface area contributed by atoms with Crippen molar-refractivity contribution in [3.8, 4) is 5.75 Å². The number of fused-ring (bicyclic) bond motifs is 1. The second-order valence-electron chi connectivity index (χ2n) is 6.06. The van der Waals surface area contributed by atoms with Crippen molar-refractivity contribution in [2.24, 2.45) is 0 Å². The molecule has 3 aromatic carbocycles. The third-order valence-electron chi connectivity index (χ3n) is 4.29. The number of ketones is 1. The average Bonchev–Trinajstić information content (AvgIpc) is 3.03. The first-order chi connectivity index (χ1) is 13.2. The number of carbonyl (C=O) groups is 1. The van der Waals surface area contributed by atoms with Crippen molar-refractivity contribution < 1.29 is 9.53 Å². The summed E-state index contributed by atoms with van der Waals surface area (Å²) in [4.78, 5) is 24.9. The van der Waals surface area contributed by atoms with E-state index < -0.39 is 0 Å². The number of hydrogen-bond donors (Lipinski definition) is 0. The minimum absolute atomic E-state index is 0.0442. The Kier molecular flexibility index (Phi) is 4.85. The van der Waals surface area contributed by atoms with E-state index in [1.807, 2.05) is 54.6 Å². The van der Waals surface area contributed by atoms with E-state index in [2.05, 4.69) is 0 Å². The highest BCUT2D eigenvalue weighted by Crippen LogP contribution is 2.21. The van der Waals surface area contributed by atoms with E-state index >= 15 is 0 Å². The van der Waals surface area contributed by atoms with E-state index in [1.54, 1.807) is 28.8 Å². The Morgan fingerprint density at radius 2 is 1.59 bits per heavy atom. The Labute approximate surface area is 160 Å². The van der Waals surface area contributed by atoms with Crippen LogP contribution in [0.4, 0.5) is 0 Å². The predicted octanol–water partition coefficient (Wildman–Crippen LogP) is 4.37. The van der Waals surface area contributed by atoms with E-state index in [0.29, 0.717) is 24.3 Å². The maximum Gasteiger partial charge on any atom is 0.308 e. The summed E-state index contributed by atoms with van der Waals surface area (Å²) in [6.07, 6.45) is 0. The van der Waals surface area contributed by atoms with Gasteiger partial charge in [0.25, 0.3) is 0 Å². The molecule has 0 saturated carbocycles. The summed E-state index contributed by atoms with van der Waals surface area (Å²) in [5, 5.41) is 0. The number of rotatable bonds is 6. The lowest BCUT2D eigenvalue weighted by molar-refractivity contribution is 0.103. The molecule has 0 aliphatic rings. The molecule has 0 N–H and O–H groups in total. The third kappa shape index (κ3) is 3.68. The van der Waals surface area contributed by atoms with Crippen LogP contribution in [0.25, 0.3) is 10.2 Å². The molecule has 5 heteroatoms. The molecule has 0 spiro atoms. The molecule has 4 rings (SSSR count). The minimum atomic E-state index is -0.0500. The lowest BCUT2D eigenvalue weighted by Crippen LogP contribution is -2.17. The number of carbonyl (C=O) groups excluding carboxylic acids is 1. The van der Waals surface area contributed by atoms with Crippen LogP contribution in [0.1, 0.15) is 15.9 Å². The monoisotopic (exact) mass is 375 g/mol. The van der Waals surface area contributed by atoms with Crippen molar-refractivity contribution in [2.75, 3.05) is 6.61 Å². The van der Waals surface area contributed by atoms with E-state index in [1.165, 1.54) is 0 Å². The maximum absolute atomic E-state index is 12.6. The van der Waals surface area contributed by atoms with Gasteiger partial charge in [0.05, 0.1) is 16.8 Å². The normalized spacial score (nSPS) is 10.8. The summed E-state index contributed by atoms with van der Waals surface area (Å²) in [5.41, 5.74) is 2.05.